The number of anilines is 1. The van der Waals surface area contributed by atoms with Crippen molar-refractivity contribution in [2.75, 3.05) is 32.6 Å². The van der Waals surface area contributed by atoms with Gasteiger partial charge in [-0.25, -0.2) is 13.4 Å². The first-order chi connectivity index (χ1) is 13.7. The molecule has 0 saturated carbocycles. The number of rotatable bonds is 7. The molecular weight excluding hydrogens is 394 g/mol. The van der Waals surface area contributed by atoms with Crippen LogP contribution in [0.25, 0.3) is 22.8 Å². The smallest absolute Gasteiger partial charge is 0.318 e. The fourth-order valence-electron chi connectivity index (χ4n) is 2.69. The van der Waals surface area contributed by atoms with Crippen LogP contribution in [0.1, 0.15) is 0 Å². The Kier molecular flexibility index (Phi) is 5.71. The standard InChI is InChI=1S/C20H21N3O5S/c1-22(2)16-8-4-14(5-9-16)18-12-21-20(28-18)15-6-10-17(11-7-15)29(26,27)23(3)13-19(24)25/h4-12H,13H2,1-3H3,(H,24,25). The van der Waals surface area contributed by atoms with Crippen molar-refractivity contribution in [3.05, 3.63) is 54.7 Å². The molecule has 2 aromatic carbocycles. The molecule has 0 aliphatic heterocycles. The lowest BCUT2D eigenvalue weighted by molar-refractivity contribution is -0.137. The molecule has 0 spiro atoms. The van der Waals surface area contributed by atoms with Gasteiger partial charge in [-0.15, -0.1) is 0 Å². The van der Waals surface area contributed by atoms with Gasteiger partial charge in [0.1, 0.15) is 6.54 Å². The first kappa shape index (κ1) is 20.6. The van der Waals surface area contributed by atoms with E-state index in [1.54, 1.807) is 18.3 Å². The van der Waals surface area contributed by atoms with Gasteiger partial charge in [0.15, 0.2) is 5.76 Å². The highest BCUT2D eigenvalue weighted by Gasteiger charge is 2.23. The Hall–Kier alpha value is -3.17. The van der Waals surface area contributed by atoms with Crippen LogP contribution in [-0.4, -0.2) is 56.5 Å². The summed E-state index contributed by atoms with van der Waals surface area (Å²) < 4.78 is 31.4. The van der Waals surface area contributed by atoms with Gasteiger partial charge in [-0.05, 0) is 48.5 Å². The summed E-state index contributed by atoms with van der Waals surface area (Å²) in [5.74, 6) is -0.263. The Balaban J connectivity index is 1.81. The number of carboxylic acids is 1. The molecule has 0 aliphatic rings. The Labute approximate surface area is 169 Å². The summed E-state index contributed by atoms with van der Waals surface area (Å²) in [6, 6.07) is 13.8. The second-order valence-corrected chi connectivity index (χ2v) is 8.70. The molecule has 0 amide bonds. The summed E-state index contributed by atoms with van der Waals surface area (Å²) in [7, 11) is 1.26. The third-order valence-corrected chi connectivity index (χ3v) is 6.16. The Morgan fingerprint density at radius 2 is 1.59 bits per heavy atom. The summed E-state index contributed by atoms with van der Waals surface area (Å²) in [4.78, 5) is 17.0. The molecule has 8 nitrogen and oxygen atoms in total. The molecule has 1 N–H and O–H groups in total. The van der Waals surface area contributed by atoms with E-state index in [0.29, 0.717) is 17.2 Å². The summed E-state index contributed by atoms with van der Waals surface area (Å²) in [5.41, 5.74) is 2.56. The van der Waals surface area contributed by atoms with E-state index in [1.165, 1.54) is 19.2 Å². The minimum atomic E-state index is -3.88. The number of sulfonamides is 1. The van der Waals surface area contributed by atoms with Gasteiger partial charge < -0.3 is 14.4 Å². The molecule has 0 fully saturated rings. The number of carboxylic acid groups (broad SMARTS) is 1. The van der Waals surface area contributed by atoms with Gasteiger partial charge in [-0.1, -0.05) is 0 Å². The van der Waals surface area contributed by atoms with Crippen molar-refractivity contribution in [3.63, 3.8) is 0 Å². The highest BCUT2D eigenvalue weighted by atomic mass is 32.2. The molecule has 29 heavy (non-hydrogen) atoms. The van der Waals surface area contributed by atoms with Crippen LogP contribution >= 0.6 is 0 Å². The largest absolute Gasteiger partial charge is 0.480 e. The van der Waals surface area contributed by atoms with Crippen LogP contribution in [0, 0.1) is 0 Å². The highest BCUT2D eigenvalue weighted by Crippen LogP contribution is 2.28. The van der Waals surface area contributed by atoms with Crippen molar-refractivity contribution in [1.82, 2.24) is 9.29 Å². The van der Waals surface area contributed by atoms with E-state index < -0.39 is 22.5 Å². The number of benzene rings is 2. The molecule has 0 aliphatic carbocycles. The lowest BCUT2D eigenvalue weighted by Crippen LogP contribution is -2.31. The van der Waals surface area contributed by atoms with Gasteiger partial charge in [0.05, 0.1) is 11.1 Å². The zero-order valence-electron chi connectivity index (χ0n) is 16.2. The van der Waals surface area contributed by atoms with Crippen molar-refractivity contribution in [2.45, 2.75) is 4.90 Å². The Morgan fingerprint density at radius 3 is 2.14 bits per heavy atom. The van der Waals surface area contributed by atoms with Crippen molar-refractivity contribution in [1.29, 1.82) is 0 Å². The van der Waals surface area contributed by atoms with Crippen molar-refractivity contribution in [3.8, 4) is 22.8 Å². The van der Waals surface area contributed by atoms with Gasteiger partial charge in [0.25, 0.3) is 0 Å². The van der Waals surface area contributed by atoms with E-state index in [9.17, 15) is 13.2 Å². The van der Waals surface area contributed by atoms with Gasteiger partial charge in [0, 0.05) is 38.0 Å². The van der Waals surface area contributed by atoms with Crippen LogP contribution in [0.4, 0.5) is 5.69 Å². The van der Waals surface area contributed by atoms with E-state index in [-0.39, 0.29) is 4.90 Å². The molecule has 1 heterocycles. The molecule has 0 atom stereocenters. The maximum absolute atomic E-state index is 12.4. The number of nitrogens with zero attached hydrogens (tertiary/aromatic N) is 3. The quantitative estimate of drug-likeness (QED) is 0.633. The fourth-order valence-corrected chi connectivity index (χ4v) is 3.81. The fraction of sp³-hybridized carbons (Fsp3) is 0.200. The summed E-state index contributed by atoms with van der Waals surface area (Å²) in [5, 5.41) is 8.80. The second kappa shape index (κ2) is 8.06. The van der Waals surface area contributed by atoms with Crippen LogP contribution in [0.3, 0.4) is 0 Å². The lowest BCUT2D eigenvalue weighted by atomic mass is 10.1. The van der Waals surface area contributed by atoms with Gasteiger partial charge >= 0.3 is 5.97 Å². The predicted molar refractivity (Wildman–Crippen MR) is 109 cm³/mol. The molecule has 0 bridgehead atoms. The van der Waals surface area contributed by atoms with Crippen LogP contribution in [0.5, 0.6) is 0 Å². The van der Waals surface area contributed by atoms with E-state index >= 15 is 0 Å². The minimum absolute atomic E-state index is 0.00365. The zero-order valence-corrected chi connectivity index (χ0v) is 17.0. The topological polar surface area (TPSA) is 104 Å². The van der Waals surface area contributed by atoms with E-state index in [0.717, 1.165) is 15.6 Å². The minimum Gasteiger partial charge on any atom is -0.480 e. The third kappa shape index (κ3) is 4.47. The lowest BCUT2D eigenvalue weighted by Gasteiger charge is -2.14. The normalized spacial score (nSPS) is 11.6. The molecule has 1 aromatic heterocycles. The van der Waals surface area contributed by atoms with Gasteiger partial charge in [-0.3, -0.25) is 4.79 Å². The molecule has 9 heteroatoms. The third-order valence-electron chi connectivity index (χ3n) is 4.34. The highest BCUT2D eigenvalue weighted by molar-refractivity contribution is 7.89. The molecule has 0 saturated heterocycles. The number of hydrogen-bond donors (Lipinski definition) is 1. The summed E-state index contributed by atoms with van der Waals surface area (Å²) >= 11 is 0. The number of aliphatic carboxylic acids is 1. The number of likely N-dealkylation sites (N-methyl/N-ethyl adjacent to an activating group) is 1. The van der Waals surface area contributed by atoms with Crippen LogP contribution in [0.2, 0.25) is 0 Å². The SMILES string of the molecule is CN(C)c1ccc(-c2cnc(-c3ccc(S(=O)(=O)N(C)CC(=O)O)cc3)o2)cc1. The van der Waals surface area contributed by atoms with Crippen molar-refractivity contribution in [2.24, 2.45) is 0 Å². The average Bonchev–Trinajstić information content (AvgIpc) is 3.18. The van der Waals surface area contributed by atoms with Crippen LogP contribution in [0.15, 0.2) is 64.0 Å². The molecule has 0 radical (unpaired) electrons. The number of oxazole rings is 1. The summed E-state index contributed by atoms with van der Waals surface area (Å²) in [6.07, 6.45) is 1.62. The van der Waals surface area contributed by atoms with Crippen LogP contribution in [-0.2, 0) is 14.8 Å². The molecule has 0 unspecified atom stereocenters. The zero-order chi connectivity index (χ0) is 21.2. The van der Waals surface area contributed by atoms with Crippen LogP contribution < -0.4 is 4.90 Å². The Morgan fingerprint density at radius 1 is 1.00 bits per heavy atom. The monoisotopic (exact) mass is 415 g/mol. The molecule has 3 aromatic rings. The van der Waals surface area contributed by atoms with E-state index in [1.807, 2.05) is 43.3 Å². The van der Waals surface area contributed by atoms with E-state index in [2.05, 4.69) is 4.98 Å². The Bertz CT molecular complexity index is 1100. The maximum atomic E-state index is 12.4. The summed E-state index contributed by atoms with van der Waals surface area (Å²) in [6.45, 7) is -0.611. The molecule has 3 rings (SSSR count). The van der Waals surface area contributed by atoms with Crippen molar-refractivity contribution < 1.29 is 22.7 Å². The number of carbonyl (C=O) groups is 1. The first-order valence-electron chi connectivity index (χ1n) is 8.70. The molecular formula is C20H21N3O5S. The molecule has 152 valence electrons. The number of aromatic nitrogens is 1. The second-order valence-electron chi connectivity index (χ2n) is 6.65. The predicted octanol–water partition coefficient (Wildman–Crippen LogP) is 2.78. The maximum Gasteiger partial charge on any atom is 0.318 e. The van der Waals surface area contributed by atoms with Gasteiger partial charge in [-0.2, -0.15) is 4.31 Å². The first-order valence-corrected chi connectivity index (χ1v) is 10.1. The van der Waals surface area contributed by atoms with E-state index in [4.69, 9.17) is 9.52 Å². The average molecular weight is 415 g/mol. The van der Waals surface area contributed by atoms with Gasteiger partial charge in [0.2, 0.25) is 15.9 Å². The van der Waals surface area contributed by atoms with Crippen molar-refractivity contribution >= 4 is 21.7 Å². The number of hydrogen-bond acceptors (Lipinski definition) is 6.